The van der Waals surface area contributed by atoms with Gasteiger partial charge in [0.1, 0.15) is 5.75 Å². The van der Waals surface area contributed by atoms with Crippen molar-refractivity contribution in [1.82, 2.24) is 18.7 Å². The van der Waals surface area contributed by atoms with E-state index in [9.17, 15) is 9.59 Å². The fraction of sp³-hybridized carbons (Fsp3) is 0.278. The third-order valence-electron chi connectivity index (χ3n) is 4.06. The summed E-state index contributed by atoms with van der Waals surface area (Å²) < 4.78 is 9.36. The number of methoxy groups -OCH3 is 1. The largest absolute Gasteiger partial charge is 0.497 e. The molecule has 0 atom stereocenters. The van der Waals surface area contributed by atoms with Crippen LogP contribution in [0.2, 0.25) is 0 Å². The molecular weight excluding hydrogens is 320 g/mol. The average molecular weight is 338 g/mol. The first-order valence-corrected chi connectivity index (χ1v) is 7.80. The summed E-state index contributed by atoms with van der Waals surface area (Å²) in [6.07, 6.45) is 0. The Bertz CT molecular complexity index is 1140. The molecule has 0 saturated carbocycles. The van der Waals surface area contributed by atoms with Crippen LogP contribution in [-0.2, 0) is 20.6 Å². The molecule has 0 bridgehead atoms. The van der Waals surface area contributed by atoms with Gasteiger partial charge >= 0.3 is 5.69 Å². The summed E-state index contributed by atoms with van der Waals surface area (Å²) in [5, 5.41) is 0. The van der Waals surface area contributed by atoms with Crippen molar-refractivity contribution in [2.24, 2.45) is 14.1 Å². The zero-order valence-electron chi connectivity index (χ0n) is 14.5. The van der Waals surface area contributed by atoms with Gasteiger partial charge in [0.05, 0.1) is 7.11 Å². The number of rotatable bonds is 2. The van der Waals surface area contributed by atoms with E-state index in [1.807, 2.05) is 24.3 Å². The summed E-state index contributed by atoms with van der Waals surface area (Å²) in [6.45, 7) is 2.06. The zero-order valence-corrected chi connectivity index (χ0v) is 14.5. The van der Waals surface area contributed by atoms with E-state index in [1.54, 1.807) is 32.7 Å². The highest BCUT2D eigenvalue weighted by molar-refractivity contribution is 5.72. The number of aromatic nitrogens is 4. The third-order valence-corrected chi connectivity index (χ3v) is 4.06. The van der Waals surface area contributed by atoms with Crippen LogP contribution in [0.15, 0.2) is 33.9 Å². The van der Waals surface area contributed by atoms with Crippen LogP contribution < -0.4 is 16.0 Å². The third kappa shape index (κ3) is 2.72. The van der Waals surface area contributed by atoms with E-state index in [0.29, 0.717) is 29.3 Å². The van der Waals surface area contributed by atoms with E-state index in [-0.39, 0.29) is 11.2 Å². The maximum atomic E-state index is 12.5. The van der Waals surface area contributed by atoms with Gasteiger partial charge in [0.15, 0.2) is 17.0 Å². The van der Waals surface area contributed by atoms with E-state index in [2.05, 4.69) is 16.8 Å². The normalized spacial score (nSPS) is 10.6. The molecule has 1 aromatic carbocycles. The molecule has 0 amide bonds. The SMILES string of the molecule is CCn1c(=O)c2c(nc(C#Cc3cccc(OC)c3)n2C)n(C)c1=O. The second kappa shape index (κ2) is 6.32. The minimum Gasteiger partial charge on any atom is -0.497 e. The molecule has 0 aliphatic rings. The second-order valence-corrected chi connectivity index (χ2v) is 5.54. The molecule has 25 heavy (non-hydrogen) atoms. The predicted octanol–water partition coefficient (Wildman–Crippen LogP) is 0.862. The Morgan fingerprint density at radius 2 is 1.92 bits per heavy atom. The average Bonchev–Trinajstić information content (AvgIpc) is 2.95. The molecule has 0 spiro atoms. The summed E-state index contributed by atoms with van der Waals surface area (Å²) in [7, 11) is 4.91. The van der Waals surface area contributed by atoms with Crippen molar-refractivity contribution in [2.75, 3.05) is 7.11 Å². The Balaban J connectivity index is 2.20. The molecule has 0 radical (unpaired) electrons. The molecule has 7 heteroatoms. The topological polar surface area (TPSA) is 71.1 Å². The summed E-state index contributed by atoms with van der Waals surface area (Å²) in [5.74, 6) is 7.10. The Labute approximate surface area is 144 Å². The minimum absolute atomic E-state index is 0.303. The van der Waals surface area contributed by atoms with Gasteiger partial charge in [-0.15, -0.1) is 0 Å². The van der Waals surface area contributed by atoms with Crippen molar-refractivity contribution in [3.05, 3.63) is 56.5 Å². The van der Waals surface area contributed by atoms with Gasteiger partial charge < -0.3 is 9.30 Å². The lowest BCUT2D eigenvalue weighted by Gasteiger charge is -2.05. The molecule has 3 aromatic rings. The smallest absolute Gasteiger partial charge is 0.332 e. The Morgan fingerprint density at radius 3 is 2.60 bits per heavy atom. The Kier molecular flexibility index (Phi) is 4.19. The number of nitrogens with zero attached hydrogens (tertiary/aromatic N) is 4. The van der Waals surface area contributed by atoms with Crippen LogP contribution in [0.4, 0.5) is 0 Å². The second-order valence-electron chi connectivity index (χ2n) is 5.54. The van der Waals surface area contributed by atoms with Crippen molar-refractivity contribution in [3.8, 4) is 17.6 Å². The number of fused-ring (bicyclic) bond motifs is 1. The van der Waals surface area contributed by atoms with Crippen molar-refractivity contribution >= 4 is 11.2 Å². The number of imidazole rings is 1. The fourth-order valence-electron chi connectivity index (χ4n) is 2.66. The number of ether oxygens (including phenoxy) is 1. The van der Waals surface area contributed by atoms with Crippen molar-refractivity contribution in [2.45, 2.75) is 13.5 Å². The van der Waals surface area contributed by atoms with Crippen LogP contribution in [0.1, 0.15) is 18.3 Å². The summed E-state index contributed by atoms with van der Waals surface area (Å²) in [4.78, 5) is 29.2. The summed E-state index contributed by atoms with van der Waals surface area (Å²) >= 11 is 0. The van der Waals surface area contributed by atoms with Crippen LogP contribution in [0.25, 0.3) is 11.2 Å². The van der Waals surface area contributed by atoms with E-state index < -0.39 is 0 Å². The first-order valence-electron chi connectivity index (χ1n) is 7.80. The van der Waals surface area contributed by atoms with Gasteiger partial charge in [0.2, 0.25) is 0 Å². The molecule has 7 nitrogen and oxygen atoms in total. The highest BCUT2D eigenvalue weighted by Gasteiger charge is 2.16. The van der Waals surface area contributed by atoms with E-state index in [4.69, 9.17) is 4.74 Å². The van der Waals surface area contributed by atoms with Crippen LogP contribution in [0.3, 0.4) is 0 Å². The van der Waals surface area contributed by atoms with Gasteiger partial charge in [-0.2, -0.15) is 0 Å². The molecule has 0 N–H and O–H groups in total. The zero-order chi connectivity index (χ0) is 18.1. The van der Waals surface area contributed by atoms with E-state index in [1.165, 1.54) is 9.13 Å². The van der Waals surface area contributed by atoms with E-state index >= 15 is 0 Å². The monoisotopic (exact) mass is 338 g/mol. The first-order chi connectivity index (χ1) is 12.0. The quantitative estimate of drug-likeness (QED) is 0.650. The van der Waals surface area contributed by atoms with Crippen molar-refractivity contribution in [3.63, 3.8) is 0 Å². The van der Waals surface area contributed by atoms with Crippen molar-refractivity contribution in [1.29, 1.82) is 0 Å². The summed E-state index contributed by atoms with van der Waals surface area (Å²) in [6, 6.07) is 7.36. The molecule has 2 heterocycles. The van der Waals surface area contributed by atoms with Gasteiger partial charge in [0, 0.05) is 26.2 Å². The summed E-state index contributed by atoms with van der Waals surface area (Å²) in [5.41, 5.74) is 0.720. The molecular formula is C18H18N4O3. The molecule has 2 aromatic heterocycles. The lowest BCUT2D eigenvalue weighted by Crippen LogP contribution is -2.39. The fourth-order valence-corrected chi connectivity index (χ4v) is 2.66. The molecule has 0 fully saturated rings. The molecule has 0 saturated heterocycles. The highest BCUT2D eigenvalue weighted by atomic mass is 16.5. The highest BCUT2D eigenvalue weighted by Crippen LogP contribution is 2.12. The first kappa shape index (κ1) is 16.6. The molecule has 0 aliphatic carbocycles. The van der Waals surface area contributed by atoms with Gasteiger partial charge in [-0.3, -0.25) is 13.9 Å². The van der Waals surface area contributed by atoms with Gasteiger partial charge in [-0.1, -0.05) is 12.0 Å². The number of hydrogen-bond acceptors (Lipinski definition) is 4. The molecule has 0 aliphatic heterocycles. The van der Waals surface area contributed by atoms with Crippen LogP contribution in [-0.4, -0.2) is 25.8 Å². The molecule has 128 valence electrons. The maximum Gasteiger partial charge on any atom is 0.332 e. The van der Waals surface area contributed by atoms with Crippen LogP contribution >= 0.6 is 0 Å². The van der Waals surface area contributed by atoms with Gasteiger partial charge in [-0.05, 0) is 31.0 Å². The van der Waals surface area contributed by atoms with Crippen molar-refractivity contribution < 1.29 is 4.74 Å². The lowest BCUT2D eigenvalue weighted by atomic mass is 10.2. The van der Waals surface area contributed by atoms with Crippen LogP contribution in [0, 0.1) is 11.8 Å². The Morgan fingerprint density at radius 1 is 1.16 bits per heavy atom. The lowest BCUT2D eigenvalue weighted by molar-refractivity contribution is 0.414. The predicted molar refractivity (Wildman–Crippen MR) is 94.9 cm³/mol. The maximum absolute atomic E-state index is 12.5. The number of hydrogen-bond donors (Lipinski definition) is 0. The molecule has 0 unspecified atom stereocenters. The molecule has 3 rings (SSSR count). The van der Waals surface area contributed by atoms with Crippen LogP contribution in [0.5, 0.6) is 5.75 Å². The minimum atomic E-state index is -0.384. The standard InChI is InChI=1S/C18H18N4O3/c1-5-22-17(23)15-16(21(3)18(22)24)19-14(20(15)2)10-9-12-7-6-8-13(11-12)25-4/h6-8,11H,5H2,1-4H3. The van der Waals surface area contributed by atoms with Gasteiger partial charge in [0.25, 0.3) is 5.56 Å². The Hall–Kier alpha value is -3.27. The number of aryl methyl sites for hydroxylation is 2. The van der Waals surface area contributed by atoms with E-state index in [0.717, 1.165) is 5.56 Å². The number of benzene rings is 1. The van der Waals surface area contributed by atoms with Gasteiger partial charge in [-0.25, -0.2) is 9.78 Å².